The van der Waals surface area contributed by atoms with E-state index in [1.165, 1.54) is 7.11 Å². The monoisotopic (exact) mass is 427 g/mol. The highest BCUT2D eigenvalue weighted by atomic mass is 79.9. The topological polar surface area (TPSA) is 70.8 Å². The van der Waals surface area contributed by atoms with Gasteiger partial charge in [-0.05, 0) is 48.0 Å². The van der Waals surface area contributed by atoms with Gasteiger partial charge < -0.3 is 14.3 Å². The molecule has 2 aromatic carbocycles. The molecule has 27 heavy (non-hydrogen) atoms. The zero-order valence-electron chi connectivity index (χ0n) is 14.9. The molecule has 136 valence electrons. The van der Waals surface area contributed by atoms with E-state index in [0.29, 0.717) is 27.5 Å². The molecule has 0 unspecified atom stereocenters. The van der Waals surface area contributed by atoms with Crippen molar-refractivity contribution in [3.05, 3.63) is 50.3 Å². The number of ether oxygens (including phenoxy) is 1. The van der Waals surface area contributed by atoms with Crippen molar-refractivity contribution in [1.29, 1.82) is 5.26 Å². The van der Waals surface area contributed by atoms with E-state index in [2.05, 4.69) is 27.0 Å². The van der Waals surface area contributed by atoms with Crippen LogP contribution in [0.3, 0.4) is 0 Å². The molecular formula is C20H15BrFN3O2. The van der Waals surface area contributed by atoms with Crippen molar-refractivity contribution in [2.75, 3.05) is 7.11 Å². The lowest BCUT2D eigenvalue weighted by Gasteiger charge is -2.18. The summed E-state index contributed by atoms with van der Waals surface area (Å²) >= 11 is 3.23. The van der Waals surface area contributed by atoms with Crippen LogP contribution in [0, 0.1) is 17.1 Å². The van der Waals surface area contributed by atoms with E-state index < -0.39 is 5.82 Å². The van der Waals surface area contributed by atoms with Gasteiger partial charge >= 0.3 is 0 Å². The molecule has 0 amide bonds. The molecule has 0 spiro atoms. The van der Waals surface area contributed by atoms with Crippen molar-refractivity contribution < 1.29 is 9.13 Å². The van der Waals surface area contributed by atoms with Gasteiger partial charge in [0.25, 0.3) is 0 Å². The van der Waals surface area contributed by atoms with Gasteiger partial charge in [-0.1, -0.05) is 6.07 Å². The van der Waals surface area contributed by atoms with Crippen molar-refractivity contribution in [1.82, 2.24) is 9.55 Å². The summed E-state index contributed by atoms with van der Waals surface area (Å²) in [5, 5.41) is 10.6. The van der Waals surface area contributed by atoms with E-state index in [-0.39, 0.29) is 32.6 Å². The molecule has 0 saturated carbocycles. The molecular weight excluding hydrogens is 413 g/mol. The zero-order valence-corrected chi connectivity index (χ0v) is 16.4. The molecule has 0 aliphatic heterocycles. The number of hydrogen-bond acceptors (Lipinski definition) is 3. The number of benzene rings is 2. The lowest BCUT2D eigenvalue weighted by molar-refractivity contribution is 0.408. The van der Waals surface area contributed by atoms with Gasteiger partial charge in [-0.15, -0.1) is 0 Å². The Bertz CT molecular complexity index is 1350. The number of nitrogens with zero attached hydrogens (tertiary/aromatic N) is 2. The largest absolute Gasteiger partial charge is 0.495 e. The molecule has 2 heterocycles. The van der Waals surface area contributed by atoms with Gasteiger partial charge in [0.1, 0.15) is 11.4 Å². The molecule has 0 bridgehead atoms. The Morgan fingerprint density at radius 1 is 1.30 bits per heavy atom. The summed E-state index contributed by atoms with van der Waals surface area (Å²) < 4.78 is 22.4. The molecule has 1 N–H and O–H groups in total. The summed E-state index contributed by atoms with van der Waals surface area (Å²) in [5.41, 5.74) is 1.61. The molecule has 0 atom stereocenters. The molecule has 4 rings (SSSR count). The van der Waals surface area contributed by atoms with E-state index in [1.807, 2.05) is 13.8 Å². The number of aromatic nitrogens is 2. The molecule has 0 aliphatic carbocycles. The molecule has 7 heteroatoms. The van der Waals surface area contributed by atoms with Crippen LogP contribution in [0.1, 0.15) is 25.5 Å². The highest BCUT2D eigenvalue weighted by molar-refractivity contribution is 9.10. The smallest absolute Gasteiger partial charge is 0.199 e. The molecule has 2 aromatic heterocycles. The Labute approximate surface area is 162 Å². The van der Waals surface area contributed by atoms with Crippen LogP contribution in [-0.2, 0) is 0 Å². The van der Waals surface area contributed by atoms with E-state index in [1.54, 1.807) is 28.8 Å². The number of halogens is 2. The van der Waals surface area contributed by atoms with Crippen LogP contribution in [0.2, 0.25) is 0 Å². The highest BCUT2D eigenvalue weighted by Gasteiger charge is 2.23. The van der Waals surface area contributed by atoms with Crippen LogP contribution in [0.15, 0.2) is 33.5 Å². The van der Waals surface area contributed by atoms with Crippen LogP contribution in [0.5, 0.6) is 5.75 Å². The fourth-order valence-electron chi connectivity index (χ4n) is 3.58. The Morgan fingerprint density at radius 3 is 2.67 bits per heavy atom. The summed E-state index contributed by atoms with van der Waals surface area (Å²) in [7, 11) is 1.43. The maximum absolute atomic E-state index is 15.2. The first-order valence-electron chi connectivity index (χ1n) is 8.34. The van der Waals surface area contributed by atoms with Gasteiger partial charge in [0, 0.05) is 16.9 Å². The van der Waals surface area contributed by atoms with Crippen LogP contribution >= 0.6 is 15.9 Å². The molecule has 0 radical (unpaired) electrons. The van der Waals surface area contributed by atoms with Crippen LogP contribution in [0.25, 0.3) is 32.8 Å². The van der Waals surface area contributed by atoms with Gasteiger partial charge in [0.15, 0.2) is 11.2 Å². The predicted molar refractivity (Wildman–Crippen MR) is 107 cm³/mol. The third-order valence-electron chi connectivity index (χ3n) is 4.75. The number of nitrogens with one attached hydrogen (secondary N) is 1. The minimum atomic E-state index is -0.548. The van der Waals surface area contributed by atoms with Crippen molar-refractivity contribution in [3.63, 3.8) is 0 Å². The number of methoxy groups -OCH3 is 1. The predicted octanol–water partition coefficient (Wildman–Crippen LogP) is 5.00. The minimum absolute atomic E-state index is 0.117. The maximum Gasteiger partial charge on any atom is 0.199 e. The third kappa shape index (κ3) is 2.37. The second-order valence-corrected chi connectivity index (χ2v) is 7.41. The van der Waals surface area contributed by atoms with Gasteiger partial charge in [-0.3, -0.25) is 4.79 Å². The van der Waals surface area contributed by atoms with Crippen LogP contribution in [0.4, 0.5) is 4.39 Å². The average Bonchev–Trinajstić information content (AvgIpc) is 3.03. The number of fused-ring (bicyclic) bond motifs is 4. The van der Waals surface area contributed by atoms with E-state index in [0.717, 1.165) is 0 Å². The normalized spacial score (nSPS) is 11.6. The second kappa shape index (κ2) is 6.10. The van der Waals surface area contributed by atoms with Crippen molar-refractivity contribution >= 4 is 48.8 Å². The molecule has 0 aliphatic rings. The van der Waals surface area contributed by atoms with E-state index in [9.17, 15) is 4.79 Å². The molecule has 0 saturated heterocycles. The minimum Gasteiger partial charge on any atom is -0.495 e. The Kier molecular flexibility index (Phi) is 3.97. The van der Waals surface area contributed by atoms with Gasteiger partial charge in [-0.2, -0.15) is 5.26 Å². The number of aromatic amines is 1. The van der Waals surface area contributed by atoms with Gasteiger partial charge in [-0.25, -0.2) is 4.39 Å². The van der Waals surface area contributed by atoms with E-state index in [4.69, 9.17) is 10.00 Å². The van der Waals surface area contributed by atoms with Crippen molar-refractivity contribution in [2.24, 2.45) is 0 Å². The fraction of sp³-hybridized carbons (Fsp3) is 0.200. The van der Waals surface area contributed by atoms with E-state index >= 15 is 4.39 Å². The van der Waals surface area contributed by atoms with Crippen LogP contribution < -0.4 is 10.2 Å². The van der Waals surface area contributed by atoms with Crippen LogP contribution in [-0.4, -0.2) is 16.7 Å². The Balaban J connectivity index is 2.34. The fourth-order valence-corrected chi connectivity index (χ4v) is 4.04. The standard InChI is InChI=1S/C20H15BrFN3O2/c1-9(2)25-18-12(7-14(27-3)16(21)17(18)22)19(26)15-11-5-4-10(8-23)6-13(11)24-20(15)25/h4-7,9,24H,1-3H3. The summed E-state index contributed by atoms with van der Waals surface area (Å²) in [6, 6.07) is 8.64. The van der Waals surface area contributed by atoms with Crippen molar-refractivity contribution in [2.45, 2.75) is 19.9 Å². The first-order chi connectivity index (χ1) is 12.9. The lowest BCUT2D eigenvalue weighted by Crippen LogP contribution is -2.14. The molecule has 4 aromatic rings. The Morgan fingerprint density at radius 2 is 2.04 bits per heavy atom. The SMILES string of the molecule is COc1cc2c(=O)c3c4ccc(C#N)cc4[nH]c3n(C(C)C)c2c(F)c1Br. The summed E-state index contributed by atoms with van der Waals surface area (Å²) in [4.78, 5) is 16.5. The lowest BCUT2D eigenvalue weighted by atomic mass is 10.1. The van der Waals surface area contributed by atoms with Gasteiger partial charge in [0.2, 0.25) is 0 Å². The molecule has 0 fully saturated rings. The first-order valence-corrected chi connectivity index (χ1v) is 9.14. The van der Waals surface area contributed by atoms with Gasteiger partial charge in [0.05, 0.1) is 39.5 Å². The third-order valence-corrected chi connectivity index (χ3v) is 5.48. The quantitative estimate of drug-likeness (QED) is 0.489. The second-order valence-electron chi connectivity index (χ2n) is 6.62. The number of rotatable bonds is 2. The van der Waals surface area contributed by atoms with Crippen molar-refractivity contribution in [3.8, 4) is 11.8 Å². The Hall–Kier alpha value is -2.85. The summed E-state index contributed by atoms with van der Waals surface area (Å²) in [5.74, 6) is -0.285. The average molecular weight is 428 g/mol. The zero-order chi connectivity index (χ0) is 19.5. The number of pyridine rings is 1. The maximum atomic E-state index is 15.2. The number of hydrogen-bond donors (Lipinski definition) is 1. The number of H-pyrrole nitrogens is 1. The highest BCUT2D eigenvalue weighted by Crippen LogP contribution is 2.36. The molecule has 5 nitrogen and oxygen atoms in total. The number of nitriles is 1. The summed E-state index contributed by atoms with van der Waals surface area (Å²) in [6.07, 6.45) is 0. The first kappa shape index (κ1) is 17.6. The summed E-state index contributed by atoms with van der Waals surface area (Å²) in [6.45, 7) is 3.85.